The van der Waals surface area contributed by atoms with Crippen molar-refractivity contribution in [2.24, 2.45) is 5.73 Å². The van der Waals surface area contributed by atoms with Crippen LogP contribution in [0.1, 0.15) is 12.0 Å². The smallest absolute Gasteiger partial charge is 0.545 e. The minimum Gasteiger partial charge on any atom is -0.545 e. The van der Waals surface area contributed by atoms with Crippen LogP contribution in [0.15, 0.2) is 41.3 Å². The minimum absolute atomic E-state index is 0. The van der Waals surface area contributed by atoms with Gasteiger partial charge in [0.15, 0.2) is 0 Å². The average Bonchev–Trinajstić information content (AvgIpc) is 2.95. The van der Waals surface area contributed by atoms with Crippen molar-refractivity contribution >= 4 is 27.4 Å². The molecule has 1 aromatic carbocycles. The second-order valence-electron chi connectivity index (χ2n) is 5.39. The SMILES string of the molecule is N[C@H]1C=C(C(=O)[O-])C[C@@H](OCc2ccc3sccc3c2)[C@@H]1O.[Na+]. The zero-order valence-corrected chi connectivity index (χ0v) is 15.6. The Labute approximate surface area is 160 Å². The number of nitrogens with two attached hydrogens (primary N) is 1. The van der Waals surface area contributed by atoms with Crippen molar-refractivity contribution in [3.05, 3.63) is 46.9 Å². The van der Waals surface area contributed by atoms with Gasteiger partial charge in [0.1, 0.15) is 0 Å². The summed E-state index contributed by atoms with van der Waals surface area (Å²) in [5, 5.41) is 24.2. The number of aliphatic hydroxyl groups excluding tert-OH is 1. The molecule has 1 aliphatic carbocycles. The van der Waals surface area contributed by atoms with Gasteiger partial charge in [-0.25, -0.2) is 0 Å². The molecule has 0 bridgehead atoms. The van der Waals surface area contributed by atoms with Crippen LogP contribution in [0.25, 0.3) is 10.1 Å². The number of rotatable bonds is 4. The second-order valence-corrected chi connectivity index (χ2v) is 6.34. The molecule has 1 heterocycles. The number of fused-ring (bicyclic) bond motifs is 1. The summed E-state index contributed by atoms with van der Waals surface area (Å²) in [4.78, 5) is 11.0. The van der Waals surface area contributed by atoms with E-state index in [1.165, 1.54) is 10.8 Å². The Bertz CT molecular complexity index is 730. The molecule has 7 heteroatoms. The van der Waals surface area contributed by atoms with Crippen molar-refractivity contribution in [3.8, 4) is 0 Å². The fourth-order valence-corrected chi connectivity index (χ4v) is 3.37. The predicted octanol–water partition coefficient (Wildman–Crippen LogP) is -2.44. The molecule has 0 saturated heterocycles. The molecule has 0 fully saturated rings. The number of aliphatic carboxylic acids is 1. The Kier molecular flexibility index (Phi) is 6.39. The molecular formula is C16H16NNaO4S. The Balaban J connectivity index is 0.00000192. The normalized spacial score (nSPS) is 24.1. The molecule has 1 aliphatic rings. The summed E-state index contributed by atoms with van der Waals surface area (Å²) in [5.74, 6) is -1.27. The van der Waals surface area contributed by atoms with E-state index < -0.39 is 24.2 Å². The molecule has 1 aromatic heterocycles. The first kappa shape index (κ1) is 18.6. The van der Waals surface area contributed by atoms with Crippen LogP contribution in [0.2, 0.25) is 0 Å². The van der Waals surface area contributed by atoms with E-state index in [2.05, 4.69) is 0 Å². The van der Waals surface area contributed by atoms with Gasteiger partial charge in [0.25, 0.3) is 0 Å². The summed E-state index contributed by atoms with van der Waals surface area (Å²) in [7, 11) is 0. The number of hydrogen-bond acceptors (Lipinski definition) is 6. The van der Waals surface area contributed by atoms with Crippen LogP contribution in [0.5, 0.6) is 0 Å². The Morgan fingerprint density at radius 3 is 2.96 bits per heavy atom. The van der Waals surface area contributed by atoms with Gasteiger partial charge in [-0.1, -0.05) is 12.1 Å². The average molecular weight is 341 g/mol. The molecule has 2 aromatic rings. The Morgan fingerprint density at radius 1 is 1.43 bits per heavy atom. The summed E-state index contributed by atoms with van der Waals surface area (Å²) >= 11 is 1.67. The monoisotopic (exact) mass is 341 g/mol. The topological polar surface area (TPSA) is 95.6 Å². The van der Waals surface area contributed by atoms with Crippen LogP contribution in [-0.4, -0.2) is 29.3 Å². The first-order valence-corrected chi connectivity index (χ1v) is 7.86. The van der Waals surface area contributed by atoms with E-state index >= 15 is 0 Å². The zero-order chi connectivity index (χ0) is 15.7. The number of carboxylic acid groups (broad SMARTS) is 1. The summed E-state index contributed by atoms with van der Waals surface area (Å²) < 4.78 is 6.90. The number of benzene rings is 1. The maximum atomic E-state index is 11.0. The molecule has 5 nitrogen and oxygen atoms in total. The van der Waals surface area contributed by atoms with Gasteiger partial charge in [-0.2, -0.15) is 0 Å². The fraction of sp³-hybridized carbons (Fsp3) is 0.312. The van der Waals surface area contributed by atoms with Crippen LogP contribution in [0, 0.1) is 0 Å². The maximum absolute atomic E-state index is 11.0. The molecule has 0 saturated carbocycles. The molecule has 0 amide bonds. The van der Waals surface area contributed by atoms with E-state index in [4.69, 9.17) is 10.5 Å². The minimum atomic E-state index is -1.27. The van der Waals surface area contributed by atoms with Gasteiger partial charge < -0.3 is 25.5 Å². The van der Waals surface area contributed by atoms with Crippen molar-refractivity contribution in [2.75, 3.05) is 0 Å². The Hall–Kier alpha value is -0.730. The number of carbonyl (C=O) groups is 1. The quantitative estimate of drug-likeness (QED) is 0.603. The maximum Gasteiger partial charge on any atom is 1.00 e. The van der Waals surface area contributed by atoms with Gasteiger partial charge in [-0.3, -0.25) is 0 Å². The van der Waals surface area contributed by atoms with Gasteiger partial charge in [-0.05, 0) is 40.1 Å². The van der Waals surface area contributed by atoms with Gasteiger partial charge in [0.05, 0.1) is 30.8 Å². The van der Waals surface area contributed by atoms with Crippen molar-refractivity contribution in [2.45, 2.75) is 31.3 Å². The third-order valence-electron chi connectivity index (χ3n) is 3.83. The Morgan fingerprint density at radius 2 is 2.22 bits per heavy atom. The summed E-state index contributed by atoms with van der Waals surface area (Å²) in [5.41, 5.74) is 6.78. The van der Waals surface area contributed by atoms with Gasteiger partial charge in [0, 0.05) is 11.1 Å². The summed E-state index contributed by atoms with van der Waals surface area (Å²) in [6.07, 6.45) is -0.145. The first-order valence-electron chi connectivity index (χ1n) is 6.98. The molecule has 116 valence electrons. The van der Waals surface area contributed by atoms with Gasteiger partial charge >= 0.3 is 29.6 Å². The number of carboxylic acids is 1. The molecule has 0 unspecified atom stereocenters. The summed E-state index contributed by atoms with van der Waals surface area (Å²) in [6.45, 7) is 0.292. The molecule has 0 radical (unpaired) electrons. The molecule has 3 atom stereocenters. The van der Waals surface area contributed by atoms with Crippen molar-refractivity contribution in [1.29, 1.82) is 0 Å². The number of ether oxygens (including phenoxy) is 1. The third kappa shape index (κ3) is 4.22. The van der Waals surface area contributed by atoms with E-state index in [1.54, 1.807) is 11.3 Å². The molecular weight excluding hydrogens is 325 g/mol. The van der Waals surface area contributed by atoms with Gasteiger partial charge in [0.2, 0.25) is 0 Å². The van der Waals surface area contributed by atoms with Crippen molar-refractivity contribution < 1.29 is 49.3 Å². The van der Waals surface area contributed by atoms with Crippen molar-refractivity contribution in [3.63, 3.8) is 0 Å². The van der Waals surface area contributed by atoms with E-state index in [-0.39, 0.29) is 41.6 Å². The van der Waals surface area contributed by atoms with E-state index in [1.807, 2.05) is 29.6 Å². The van der Waals surface area contributed by atoms with Crippen LogP contribution in [-0.2, 0) is 16.1 Å². The molecule has 23 heavy (non-hydrogen) atoms. The van der Waals surface area contributed by atoms with Gasteiger partial charge in [-0.15, -0.1) is 11.3 Å². The van der Waals surface area contributed by atoms with E-state index in [9.17, 15) is 15.0 Å². The number of thiophene rings is 1. The molecule has 3 N–H and O–H groups in total. The molecule has 0 aliphatic heterocycles. The molecule has 0 spiro atoms. The number of carbonyl (C=O) groups excluding carboxylic acids is 1. The second kappa shape index (κ2) is 7.90. The van der Waals surface area contributed by atoms with E-state index in [0.29, 0.717) is 6.61 Å². The van der Waals surface area contributed by atoms with E-state index in [0.717, 1.165) is 10.9 Å². The van der Waals surface area contributed by atoms with Crippen molar-refractivity contribution in [1.82, 2.24) is 0 Å². The van der Waals surface area contributed by atoms with Crippen LogP contribution in [0.4, 0.5) is 0 Å². The summed E-state index contributed by atoms with van der Waals surface area (Å²) in [6, 6.07) is 7.28. The van der Waals surface area contributed by atoms with Crippen LogP contribution < -0.4 is 40.4 Å². The number of hydrogen-bond donors (Lipinski definition) is 2. The first-order chi connectivity index (χ1) is 10.5. The standard InChI is InChI=1S/C16H17NO4S.Na/c17-12-6-11(16(19)20)7-13(15(12)18)21-8-9-1-2-14-10(5-9)3-4-22-14;/h1-6,12-13,15,18H,7-8,17H2,(H,19,20);/q;+1/p-1/t12-,13+,15+;/m0./s1. The third-order valence-corrected chi connectivity index (χ3v) is 4.73. The fourth-order valence-electron chi connectivity index (χ4n) is 2.60. The largest absolute Gasteiger partial charge is 1.00 e. The molecule has 3 rings (SSSR count). The zero-order valence-electron chi connectivity index (χ0n) is 12.8. The number of aliphatic hydroxyl groups is 1. The predicted molar refractivity (Wildman–Crippen MR) is 82.1 cm³/mol. The van der Waals surface area contributed by atoms with Crippen LogP contribution >= 0.6 is 11.3 Å². The van der Waals surface area contributed by atoms with Crippen LogP contribution in [0.3, 0.4) is 0 Å².